The van der Waals surface area contributed by atoms with Gasteiger partial charge in [-0.2, -0.15) is 0 Å². The van der Waals surface area contributed by atoms with Gasteiger partial charge in [0.15, 0.2) is 5.13 Å². The zero-order chi connectivity index (χ0) is 9.97. The molecular weight excluding hydrogens is 196 g/mol. The van der Waals surface area contributed by atoms with E-state index >= 15 is 0 Å². The number of aromatic nitrogens is 1. The van der Waals surface area contributed by atoms with E-state index < -0.39 is 0 Å². The summed E-state index contributed by atoms with van der Waals surface area (Å²) < 4.78 is 0. The fraction of sp³-hybridized carbons (Fsp3) is 0.600. The first-order valence-electron chi connectivity index (χ1n) is 5.05. The molecule has 76 valence electrons. The molecule has 0 aliphatic heterocycles. The first-order valence-corrected chi connectivity index (χ1v) is 5.87. The maximum atomic E-state index is 11.4. The Morgan fingerprint density at radius 1 is 1.71 bits per heavy atom. The van der Waals surface area contributed by atoms with Crippen molar-refractivity contribution in [3.63, 3.8) is 0 Å². The van der Waals surface area contributed by atoms with Crippen LogP contribution in [0, 0.1) is 5.92 Å². The molecule has 0 atom stereocenters. The normalized spacial score (nSPS) is 15.5. The van der Waals surface area contributed by atoms with Crippen LogP contribution in [0.1, 0.15) is 31.1 Å². The molecule has 14 heavy (non-hydrogen) atoms. The summed E-state index contributed by atoms with van der Waals surface area (Å²) in [5, 5.41) is 3.61. The number of amides is 1. The molecule has 1 aliphatic rings. The molecule has 1 aromatic rings. The second kappa shape index (κ2) is 4.09. The number of nitrogens with one attached hydrogen (secondary N) is 1. The minimum absolute atomic E-state index is 0.141. The predicted octanol–water partition coefficient (Wildman–Crippen LogP) is 2.44. The number of hydrogen-bond acceptors (Lipinski definition) is 3. The molecular formula is C10H14N2OS. The molecule has 0 unspecified atom stereocenters. The monoisotopic (exact) mass is 210 g/mol. The van der Waals surface area contributed by atoms with E-state index in [-0.39, 0.29) is 11.8 Å². The average Bonchev–Trinajstić information content (AvgIpc) is 2.92. The quantitative estimate of drug-likeness (QED) is 0.829. The van der Waals surface area contributed by atoms with E-state index in [0.29, 0.717) is 0 Å². The second-order valence-corrected chi connectivity index (χ2v) is 4.76. The van der Waals surface area contributed by atoms with E-state index in [2.05, 4.69) is 17.2 Å². The maximum Gasteiger partial charge on any atom is 0.229 e. The Bertz CT molecular complexity index is 331. The van der Waals surface area contributed by atoms with E-state index in [1.807, 2.05) is 6.20 Å². The van der Waals surface area contributed by atoms with Gasteiger partial charge in [-0.15, -0.1) is 11.3 Å². The van der Waals surface area contributed by atoms with Crippen LogP contribution in [0.25, 0.3) is 0 Å². The van der Waals surface area contributed by atoms with Crippen molar-refractivity contribution in [3.05, 3.63) is 11.1 Å². The Morgan fingerprint density at radius 3 is 3.14 bits per heavy atom. The van der Waals surface area contributed by atoms with E-state index in [1.165, 1.54) is 4.88 Å². The largest absolute Gasteiger partial charge is 0.302 e. The highest BCUT2D eigenvalue weighted by Crippen LogP contribution is 2.30. The van der Waals surface area contributed by atoms with Crippen LogP contribution in [0.5, 0.6) is 0 Å². The van der Waals surface area contributed by atoms with Crippen molar-refractivity contribution >= 4 is 22.4 Å². The number of carbonyl (C=O) groups is 1. The Hall–Kier alpha value is -0.900. The van der Waals surface area contributed by atoms with Crippen LogP contribution in [-0.4, -0.2) is 10.9 Å². The molecule has 1 heterocycles. The molecule has 0 aromatic carbocycles. The number of carbonyl (C=O) groups excluding carboxylic acids is 1. The van der Waals surface area contributed by atoms with Gasteiger partial charge in [-0.25, -0.2) is 4.98 Å². The summed E-state index contributed by atoms with van der Waals surface area (Å²) in [7, 11) is 0. The predicted molar refractivity (Wildman–Crippen MR) is 57.5 cm³/mol. The third kappa shape index (κ3) is 2.32. The standard InChI is InChI=1S/C10H14N2OS/c1-2-3-8-6-11-10(14-8)12-9(13)7-4-5-7/h6-7H,2-5H2,1H3,(H,11,12,13). The third-order valence-corrected chi connectivity index (χ3v) is 3.20. The Labute approximate surface area is 87.6 Å². The Balaban J connectivity index is 1.91. The summed E-state index contributed by atoms with van der Waals surface area (Å²) in [4.78, 5) is 16.8. The molecule has 1 fully saturated rings. The smallest absolute Gasteiger partial charge is 0.229 e. The first-order chi connectivity index (χ1) is 6.79. The van der Waals surface area contributed by atoms with Crippen molar-refractivity contribution in [2.24, 2.45) is 5.92 Å². The molecule has 1 aliphatic carbocycles. The van der Waals surface area contributed by atoms with Gasteiger partial charge in [0.1, 0.15) is 0 Å². The van der Waals surface area contributed by atoms with Crippen LogP contribution in [0.4, 0.5) is 5.13 Å². The number of thiazole rings is 1. The van der Waals surface area contributed by atoms with Crippen molar-refractivity contribution in [2.45, 2.75) is 32.6 Å². The summed E-state index contributed by atoms with van der Waals surface area (Å²) >= 11 is 1.59. The van der Waals surface area contributed by atoms with Crippen molar-refractivity contribution in [2.75, 3.05) is 5.32 Å². The lowest BCUT2D eigenvalue weighted by Crippen LogP contribution is -2.12. The van der Waals surface area contributed by atoms with E-state index in [1.54, 1.807) is 11.3 Å². The topological polar surface area (TPSA) is 42.0 Å². The third-order valence-electron chi connectivity index (χ3n) is 2.23. The first kappa shape index (κ1) is 9.65. The molecule has 1 aromatic heterocycles. The highest BCUT2D eigenvalue weighted by atomic mass is 32.1. The minimum atomic E-state index is 0.141. The van der Waals surface area contributed by atoms with Gasteiger partial charge in [0, 0.05) is 17.0 Å². The molecule has 1 N–H and O–H groups in total. The number of nitrogens with zero attached hydrogens (tertiary/aromatic N) is 1. The van der Waals surface area contributed by atoms with Crippen molar-refractivity contribution in [1.82, 2.24) is 4.98 Å². The maximum absolute atomic E-state index is 11.4. The zero-order valence-electron chi connectivity index (χ0n) is 8.25. The zero-order valence-corrected chi connectivity index (χ0v) is 9.06. The highest BCUT2D eigenvalue weighted by Gasteiger charge is 2.29. The van der Waals surface area contributed by atoms with Gasteiger partial charge >= 0.3 is 0 Å². The fourth-order valence-corrected chi connectivity index (χ4v) is 2.20. The lowest BCUT2D eigenvalue weighted by molar-refractivity contribution is -0.117. The van der Waals surface area contributed by atoms with E-state index in [9.17, 15) is 4.79 Å². The van der Waals surface area contributed by atoms with Gasteiger partial charge in [0.05, 0.1) is 0 Å². The van der Waals surface area contributed by atoms with Crippen LogP contribution in [0.15, 0.2) is 6.20 Å². The van der Waals surface area contributed by atoms with Crippen molar-refractivity contribution < 1.29 is 4.79 Å². The Morgan fingerprint density at radius 2 is 2.50 bits per heavy atom. The van der Waals surface area contributed by atoms with Crippen LogP contribution in [0.3, 0.4) is 0 Å². The minimum Gasteiger partial charge on any atom is -0.302 e. The second-order valence-electron chi connectivity index (χ2n) is 3.65. The summed E-state index contributed by atoms with van der Waals surface area (Å²) in [6.45, 7) is 2.14. The lowest BCUT2D eigenvalue weighted by atomic mass is 10.3. The molecule has 4 heteroatoms. The molecule has 2 rings (SSSR count). The van der Waals surface area contributed by atoms with Gasteiger partial charge in [-0.05, 0) is 19.3 Å². The van der Waals surface area contributed by atoms with Gasteiger partial charge in [-0.1, -0.05) is 13.3 Å². The van der Waals surface area contributed by atoms with E-state index in [0.717, 1.165) is 30.8 Å². The average molecular weight is 210 g/mol. The van der Waals surface area contributed by atoms with Crippen LogP contribution >= 0.6 is 11.3 Å². The van der Waals surface area contributed by atoms with E-state index in [4.69, 9.17) is 0 Å². The van der Waals surface area contributed by atoms with Crippen LogP contribution < -0.4 is 5.32 Å². The summed E-state index contributed by atoms with van der Waals surface area (Å²) in [5.41, 5.74) is 0. The van der Waals surface area contributed by atoms with Gasteiger partial charge in [0.2, 0.25) is 5.91 Å². The number of anilines is 1. The highest BCUT2D eigenvalue weighted by molar-refractivity contribution is 7.15. The summed E-state index contributed by atoms with van der Waals surface area (Å²) in [5.74, 6) is 0.399. The molecule has 1 amide bonds. The summed E-state index contributed by atoms with van der Waals surface area (Å²) in [6, 6.07) is 0. The molecule has 1 saturated carbocycles. The van der Waals surface area contributed by atoms with Gasteiger partial charge < -0.3 is 5.32 Å². The van der Waals surface area contributed by atoms with Crippen molar-refractivity contribution in [1.29, 1.82) is 0 Å². The molecule has 0 spiro atoms. The fourth-order valence-electron chi connectivity index (χ4n) is 1.28. The van der Waals surface area contributed by atoms with Gasteiger partial charge in [-0.3, -0.25) is 4.79 Å². The van der Waals surface area contributed by atoms with Gasteiger partial charge in [0.25, 0.3) is 0 Å². The molecule has 0 bridgehead atoms. The molecule has 0 radical (unpaired) electrons. The number of aryl methyl sites for hydroxylation is 1. The number of hydrogen-bond donors (Lipinski definition) is 1. The molecule has 3 nitrogen and oxygen atoms in total. The van der Waals surface area contributed by atoms with Crippen LogP contribution in [0.2, 0.25) is 0 Å². The molecule has 0 saturated heterocycles. The Kier molecular flexibility index (Phi) is 2.82. The SMILES string of the molecule is CCCc1cnc(NC(=O)C2CC2)s1. The lowest BCUT2D eigenvalue weighted by Gasteiger charge is -1.97. The number of rotatable bonds is 4. The van der Waals surface area contributed by atoms with Crippen LogP contribution in [-0.2, 0) is 11.2 Å². The summed E-state index contributed by atoms with van der Waals surface area (Å²) in [6.07, 6.45) is 6.11. The van der Waals surface area contributed by atoms with Crippen molar-refractivity contribution in [3.8, 4) is 0 Å².